The van der Waals surface area contributed by atoms with Crippen molar-refractivity contribution in [2.75, 3.05) is 0 Å². The summed E-state index contributed by atoms with van der Waals surface area (Å²) >= 11 is -1.06. The van der Waals surface area contributed by atoms with E-state index in [0.29, 0.717) is 35.5 Å². The normalized spacial score (nSPS) is 18.6. The van der Waals surface area contributed by atoms with Crippen molar-refractivity contribution in [2.24, 2.45) is 35.5 Å². The van der Waals surface area contributed by atoms with Crippen LogP contribution in [0.1, 0.15) is 95.9 Å². The second-order valence-electron chi connectivity index (χ2n) is 11.3. The molecule has 160 valence electrons. The van der Waals surface area contributed by atoms with Gasteiger partial charge in [-0.25, -0.2) is 0 Å². The van der Waals surface area contributed by atoms with E-state index in [1.165, 1.54) is 12.8 Å². The molecule has 0 saturated carbocycles. The van der Waals surface area contributed by atoms with Crippen LogP contribution in [0.15, 0.2) is 36.8 Å². The zero-order valence-electron chi connectivity index (χ0n) is 21.6. The van der Waals surface area contributed by atoms with E-state index in [0.717, 1.165) is 0 Å². The Kier molecular flexibility index (Phi) is 8.98. The first-order valence-electron chi connectivity index (χ1n) is 12.3. The van der Waals surface area contributed by atoms with E-state index in [4.69, 9.17) is 0 Å². The molecule has 0 atom stereocenters. The van der Waals surface area contributed by atoms with Gasteiger partial charge in [0.25, 0.3) is 0 Å². The first-order valence-corrected chi connectivity index (χ1v) is 14.5. The van der Waals surface area contributed by atoms with Crippen LogP contribution in [0.4, 0.5) is 0 Å². The Morgan fingerprint density at radius 2 is 0.690 bits per heavy atom. The molecule has 29 heavy (non-hydrogen) atoms. The van der Waals surface area contributed by atoms with E-state index in [1.54, 1.807) is 33.4 Å². The van der Waals surface area contributed by atoms with Gasteiger partial charge in [-0.3, -0.25) is 0 Å². The molecule has 2 rings (SSSR count). The average molecular weight is 423 g/mol. The number of hydrogen-bond acceptors (Lipinski definition) is 0. The summed E-state index contributed by atoms with van der Waals surface area (Å²) in [6.45, 7) is 29.1. The minimum atomic E-state index is -1.06. The Balaban J connectivity index is 2.67. The standard InChI is InChI=1S/2C14H23.Ca/c2*1-9(2)12-7-13(10(3)4)14(8-12)11(5)6;/h2*9-11H,7H2,1-6H3;. The van der Waals surface area contributed by atoms with Gasteiger partial charge in [-0.2, -0.15) is 0 Å². The molecule has 0 fully saturated rings. The average Bonchev–Trinajstić information content (AvgIpc) is 3.14. The third-order valence-electron chi connectivity index (χ3n) is 7.18. The fourth-order valence-corrected chi connectivity index (χ4v) is 11.2. The second-order valence-corrected chi connectivity index (χ2v) is 14.1. The van der Waals surface area contributed by atoms with Crippen molar-refractivity contribution in [2.45, 2.75) is 95.9 Å². The molecule has 0 bridgehead atoms. The first kappa shape index (κ1) is 25.5. The molecule has 0 radical (unpaired) electrons. The fourth-order valence-electron chi connectivity index (χ4n) is 5.72. The summed E-state index contributed by atoms with van der Waals surface area (Å²) in [4.78, 5) is 0. The molecule has 0 N–H and O–H groups in total. The van der Waals surface area contributed by atoms with Gasteiger partial charge in [-0.05, 0) is 0 Å². The van der Waals surface area contributed by atoms with Gasteiger partial charge in [-0.15, -0.1) is 0 Å². The number of hydrogen-bond donors (Lipinski definition) is 0. The Bertz CT molecular complexity index is 681. The van der Waals surface area contributed by atoms with Gasteiger partial charge in [0.2, 0.25) is 0 Å². The van der Waals surface area contributed by atoms with Crippen molar-refractivity contribution in [3.05, 3.63) is 36.8 Å². The number of allylic oxidation sites excluding steroid dienone is 8. The molecule has 2 aliphatic rings. The van der Waals surface area contributed by atoms with Crippen LogP contribution in [0, 0.1) is 35.5 Å². The van der Waals surface area contributed by atoms with Crippen LogP contribution < -0.4 is 0 Å². The molecule has 0 aliphatic heterocycles. The van der Waals surface area contributed by atoms with Crippen molar-refractivity contribution in [3.63, 3.8) is 0 Å². The molecule has 0 unspecified atom stereocenters. The Labute approximate surface area is 200 Å². The number of rotatable bonds is 8. The molecular formula is C28H46Ca. The molecule has 0 saturated heterocycles. The van der Waals surface area contributed by atoms with Gasteiger partial charge >= 0.3 is 202 Å². The van der Waals surface area contributed by atoms with Crippen molar-refractivity contribution < 1.29 is 0 Å². The Hall–Kier alpha value is 0.220. The fraction of sp³-hybridized carbons (Fsp3) is 0.714. The van der Waals surface area contributed by atoms with E-state index in [1.807, 2.05) is 3.34 Å². The quantitative estimate of drug-likeness (QED) is 0.344. The van der Waals surface area contributed by atoms with E-state index >= 15 is 0 Å². The minimum absolute atomic E-state index is 0.657. The summed E-state index contributed by atoms with van der Waals surface area (Å²) < 4.78 is 3.78. The summed E-state index contributed by atoms with van der Waals surface area (Å²) in [5, 5.41) is 0. The van der Waals surface area contributed by atoms with Crippen molar-refractivity contribution in [1.29, 1.82) is 0 Å². The Morgan fingerprint density at radius 1 is 0.414 bits per heavy atom. The molecule has 0 nitrogen and oxygen atoms in total. The maximum atomic E-state index is 2.44. The van der Waals surface area contributed by atoms with Gasteiger partial charge in [0.05, 0.1) is 0 Å². The molecule has 0 aromatic rings. The molecule has 0 heterocycles. The summed E-state index contributed by atoms with van der Waals surface area (Å²) in [6, 6.07) is 0. The van der Waals surface area contributed by atoms with Gasteiger partial charge in [0.15, 0.2) is 0 Å². The molecule has 0 amide bonds. The SMILES string of the molecule is CC(C)C1=[C]([Ca][C]2=C(C(C)C)CC(C(C)C)=C2C(C)C)C(C(C)C)=C(C(C)C)C1. The molecular weight excluding hydrogens is 376 g/mol. The summed E-state index contributed by atoms with van der Waals surface area (Å²) in [5.41, 5.74) is 10.7. The van der Waals surface area contributed by atoms with Crippen LogP contribution in [0.2, 0.25) is 0 Å². The van der Waals surface area contributed by atoms with Crippen molar-refractivity contribution in [3.8, 4) is 0 Å². The maximum absolute atomic E-state index is 2.44. The van der Waals surface area contributed by atoms with Crippen molar-refractivity contribution in [1.82, 2.24) is 0 Å². The summed E-state index contributed by atoms with van der Waals surface area (Å²) in [5.74, 6) is 4.03. The summed E-state index contributed by atoms with van der Waals surface area (Å²) in [6.07, 6.45) is 2.51. The third-order valence-corrected chi connectivity index (χ3v) is 10.9. The predicted molar refractivity (Wildman–Crippen MR) is 132 cm³/mol. The molecule has 1 heteroatoms. The second kappa shape index (κ2) is 10.2. The van der Waals surface area contributed by atoms with Crippen LogP contribution in [-0.4, -0.2) is 33.8 Å². The van der Waals surface area contributed by atoms with E-state index in [9.17, 15) is 0 Å². The van der Waals surface area contributed by atoms with Gasteiger partial charge < -0.3 is 0 Å². The van der Waals surface area contributed by atoms with Crippen LogP contribution in [0.5, 0.6) is 0 Å². The molecule has 0 spiro atoms. The first-order chi connectivity index (χ1) is 13.4. The van der Waals surface area contributed by atoms with Crippen molar-refractivity contribution >= 4 is 33.8 Å². The van der Waals surface area contributed by atoms with Gasteiger partial charge in [-0.1, -0.05) is 0 Å². The van der Waals surface area contributed by atoms with E-state index in [-0.39, 0.29) is 0 Å². The Morgan fingerprint density at radius 3 is 0.897 bits per heavy atom. The van der Waals surface area contributed by atoms with E-state index < -0.39 is 33.8 Å². The monoisotopic (exact) mass is 422 g/mol. The molecule has 0 aromatic carbocycles. The van der Waals surface area contributed by atoms with Gasteiger partial charge in [0.1, 0.15) is 0 Å². The zero-order valence-corrected chi connectivity index (χ0v) is 23.8. The van der Waals surface area contributed by atoms with Gasteiger partial charge in [0, 0.05) is 0 Å². The predicted octanol–water partition coefficient (Wildman–Crippen LogP) is 8.54. The van der Waals surface area contributed by atoms with Crippen LogP contribution in [0.3, 0.4) is 0 Å². The third kappa shape index (κ3) is 5.35. The summed E-state index contributed by atoms with van der Waals surface area (Å²) in [7, 11) is 0. The topological polar surface area (TPSA) is 0 Å². The molecule has 2 aliphatic carbocycles. The van der Waals surface area contributed by atoms with E-state index in [2.05, 4.69) is 83.1 Å². The van der Waals surface area contributed by atoms with Crippen LogP contribution >= 0.6 is 0 Å². The van der Waals surface area contributed by atoms with Crippen LogP contribution in [-0.2, 0) is 0 Å². The van der Waals surface area contributed by atoms with Crippen LogP contribution in [0.25, 0.3) is 0 Å². The zero-order chi connectivity index (χ0) is 22.2. The molecule has 0 aromatic heterocycles.